The summed E-state index contributed by atoms with van der Waals surface area (Å²) in [5.74, 6) is 1.13. The maximum Gasteiger partial charge on any atom is 0.137 e. The van der Waals surface area contributed by atoms with Gasteiger partial charge in [-0.3, -0.25) is 0 Å². The van der Waals surface area contributed by atoms with E-state index in [-0.39, 0.29) is 5.82 Å². The van der Waals surface area contributed by atoms with Crippen LogP contribution in [-0.4, -0.2) is 30.4 Å². The number of amidine groups is 1. The third-order valence-electron chi connectivity index (χ3n) is 5.46. The van der Waals surface area contributed by atoms with E-state index in [1.54, 1.807) is 13.0 Å². The average molecular weight is 476 g/mol. The Morgan fingerprint density at radius 3 is 2.54 bits per heavy atom. The summed E-state index contributed by atoms with van der Waals surface area (Å²) in [4.78, 5) is 6.96. The smallest absolute Gasteiger partial charge is 0.137 e. The van der Waals surface area contributed by atoms with Gasteiger partial charge in [-0.05, 0) is 74.7 Å². The predicted octanol–water partition coefficient (Wildman–Crippen LogP) is 6.92. The third-order valence-corrected chi connectivity index (χ3v) is 5.46. The molecule has 0 spiro atoms. The first-order chi connectivity index (χ1) is 17.0. The van der Waals surface area contributed by atoms with E-state index in [2.05, 4.69) is 68.3 Å². The van der Waals surface area contributed by atoms with Crippen LogP contribution < -0.4 is 10.1 Å². The summed E-state index contributed by atoms with van der Waals surface area (Å²) in [6.45, 7) is 12.4. The zero-order chi connectivity index (χ0) is 25.8. The van der Waals surface area contributed by atoms with Crippen LogP contribution in [0.4, 0.5) is 4.39 Å². The molecule has 0 atom stereocenters. The maximum absolute atomic E-state index is 14.5. The Balaban J connectivity index is 0.000000803. The molecule has 186 valence electrons. The molecule has 3 aliphatic heterocycles. The Morgan fingerprint density at radius 2 is 1.91 bits per heavy atom. The quantitative estimate of drug-likeness (QED) is 0.470. The van der Waals surface area contributed by atoms with Crippen LogP contribution >= 0.6 is 0 Å². The van der Waals surface area contributed by atoms with Gasteiger partial charge in [0.05, 0.1) is 12.3 Å². The van der Waals surface area contributed by atoms with E-state index < -0.39 is 0 Å². The number of terminal acetylenes is 1. The first-order valence-electron chi connectivity index (χ1n) is 12.4. The van der Waals surface area contributed by atoms with Crippen molar-refractivity contribution in [3.8, 4) is 18.6 Å². The first-order valence-corrected chi connectivity index (χ1v) is 12.4. The summed E-state index contributed by atoms with van der Waals surface area (Å²) in [6.07, 6.45) is 23.9. The van der Waals surface area contributed by atoms with Crippen molar-refractivity contribution in [3.63, 3.8) is 0 Å². The van der Waals surface area contributed by atoms with Gasteiger partial charge in [0.15, 0.2) is 0 Å². The van der Waals surface area contributed by atoms with Gasteiger partial charge in [0, 0.05) is 29.6 Å². The molecule has 5 heteroatoms. The van der Waals surface area contributed by atoms with E-state index in [1.807, 2.05) is 25.1 Å². The van der Waals surface area contributed by atoms with E-state index >= 15 is 0 Å². The van der Waals surface area contributed by atoms with Crippen LogP contribution in [0, 0.1) is 25.6 Å². The molecule has 4 rings (SSSR count). The fraction of sp³-hybridized carbons (Fsp3) is 0.367. The number of nitrogens with one attached hydrogen (secondary N) is 1. The Morgan fingerprint density at radius 1 is 1.17 bits per heavy atom. The Bertz CT molecular complexity index is 1090. The van der Waals surface area contributed by atoms with Crippen molar-refractivity contribution in [1.29, 1.82) is 0 Å². The average Bonchev–Trinajstić information content (AvgIpc) is 2.89. The summed E-state index contributed by atoms with van der Waals surface area (Å²) in [6, 6.07) is 3.42. The van der Waals surface area contributed by atoms with Crippen LogP contribution in [0.1, 0.15) is 58.1 Å². The number of hydrogen-bond donors (Lipinski definition) is 1. The second kappa shape index (κ2) is 14.1. The number of rotatable bonds is 5. The van der Waals surface area contributed by atoms with Crippen LogP contribution in [-0.2, 0) is 0 Å². The zero-order valence-electron chi connectivity index (χ0n) is 21.7. The van der Waals surface area contributed by atoms with Gasteiger partial charge in [0.2, 0.25) is 0 Å². The molecule has 1 aromatic rings. The van der Waals surface area contributed by atoms with Crippen molar-refractivity contribution in [2.75, 3.05) is 19.7 Å². The lowest BCUT2D eigenvalue weighted by Gasteiger charge is -2.30. The summed E-state index contributed by atoms with van der Waals surface area (Å²) in [7, 11) is 0. The molecule has 0 saturated carbocycles. The monoisotopic (exact) mass is 475 g/mol. The lowest BCUT2D eigenvalue weighted by Crippen LogP contribution is -2.29. The minimum atomic E-state index is -0.278. The number of allylic oxidation sites excluding steroid dienone is 4. The molecule has 0 amide bonds. The summed E-state index contributed by atoms with van der Waals surface area (Å²) in [5, 5.41) is 3.36. The van der Waals surface area contributed by atoms with Crippen molar-refractivity contribution < 1.29 is 9.13 Å². The fourth-order valence-electron chi connectivity index (χ4n) is 3.85. The minimum absolute atomic E-state index is 0.278. The van der Waals surface area contributed by atoms with Gasteiger partial charge in [0.1, 0.15) is 17.4 Å². The van der Waals surface area contributed by atoms with Crippen LogP contribution in [0.2, 0.25) is 0 Å². The van der Waals surface area contributed by atoms with E-state index in [0.717, 1.165) is 48.7 Å². The number of hydrogen-bond acceptors (Lipinski definition) is 4. The number of halogens is 1. The highest BCUT2D eigenvalue weighted by atomic mass is 19.1. The van der Waals surface area contributed by atoms with E-state index in [1.165, 1.54) is 17.6 Å². The molecule has 1 aromatic carbocycles. The molecule has 0 unspecified atom stereocenters. The Hall–Kier alpha value is -3.36. The van der Waals surface area contributed by atoms with E-state index in [9.17, 15) is 4.39 Å². The molecule has 3 heterocycles. The summed E-state index contributed by atoms with van der Waals surface area (Å²) >= 11 is 0. The molecule has 0 bridgehead atoms. The summed E-state index contributed by atoms with van der Waals surface area (Å²) < 4.78 is 20.2. The van der Waals surface area contributed by atoms with Gasteiger partial charge < -0.3 is 15.0 Å². The summed E-state index contributed by atoms with van der Waals surface area (Å²) in [5.41, 5.74) is 5.61. The lowest BCUT2D eigenvalue weighted by molar-refractivity contribution is 0.335. The van der Waals surface area contributed by atoms with Crippen molar-refractivity contribution in [2.45, 2.75) is 53.9 Å². The Labute approximate surface area is 210 Å². The lowest BCUT2D eigenvalue weighted by atomic mass is 9.97. The SMILES string of the molecule is C#C.CC/C=C1/C=C(c2cc(F)c(C)c(OCC)c2)N=C2C=CC(C3=CCNCC3)=CN21.CCC. The van der Waals surface area contributed by atoms with Crippen molar-refractivity contribution in [3.05, 3.63) is 82.5 Å². The molecule has 0 aliphatic carbocycles. The van der Waals surface area contributed by atoms with Gasteiger partial charge in [-0.2, -0.15) is 0 Å². The fourth-order valence-corrected chi connectivity index (χ4v) is 3.85. The molecular weight excluding hydrogens is 437 g/mol. The molecule has 0 fully saturated rings. The molecule has 4 nitrogen and oxygen atoms in total. The largest absolute Gasteiger partial charge is 0.493 e. The number of fused-ring (bicyclic) bond motifs is 1. The van der Waals surface area contributed by atoms with Crippen molar-refractivity contribution >= 4 is 11.5 Å². The topological polar surface area (TPSA) is 36.9 Å². The van der Waals surface area contributed by atoms with Crippen LogP contribution in [0.15, 0.2) is 70.5 Å². The number of nitrogens with zero attached hydrogens (tertiary/aromatic N) is 2. The standard InChI is InChI=1S/C25H28FN3O.C3H8.C2H2/c1-4-6-21-15-23(20-13-22(26)17(3)24(14-20)30-5-2)28-25-8-7-19(16-29(21)25)18-9-11-27-12-10-18;1-3-2;1-2/h6-9,13-16,27H,4-5,10-12H2,1-3H3;3H2,1-2H3;1-2H/b21-6-;;. The maximum atomic E-state index is 14.5. The normalized spacial score (nSPS) is 17.5. The third kappa shape index (κ3) is 7.07. The highest BCUT2D eigenvalue weighted by Gasteiger charge is 2.23. The minimum Gasteiger partial charge on any atom is -0.493 e. The Kier molecular flexibility index (Phi) is 11.3. The van der Waals surface area contributed by atoms with E-state index in [4.69, 9.17) is 9.73 Å². The molecule has 0 aromatic heterocycles. The molecule has 3 aliphatic rings. The second-order valence-corrected chi connectivity index (χ2v) is 8.23. The highest BCUT2D eigenvalue weighted by Crippen LogP contribution is 2.33. The predicted molar refractivity (Wildman–Crippen MR) is 147 cm³/mol. The first kappa shape index (κ1) is 27.9. The van der Waals surface area contributed by atoms with Crippen molar-refractivity contribution in [2.24, 2.45) is 4.99 Å². The van der Waals surface area contributed by atoms with Crippen LogP contribution in [0.3, 0.4) is 0 Å². The molecule has 0 saturated heterocycles. The van der Waals surface area contributed by atoms with Gasteiger partial charge in [0.25, 0.3) is 0 Å². The number of aliphatic imine (C=N–C) groups is 1. The highest BCUT2D eigenvalue weighted by molar-refractivity contribution is 6.02. The van der Waals surface area contributed by atoms with Gasteiger partial charge in [-0.25, -0.2) is 9.38 Å². The zero-order valence-corrected chi connectivity index (χ0v) is 21.7. The number of ether oxygens (including phenoxy) is 1. The van der Waals surface area contributed by atoms with Gasteiger partial charge >= 0.3 is 0 Å². The van der Waals surface area contributed by atoms with Gasteiger partial charge in [-0.1, -0.05) is 39.3 Å². The molecule has 1 N–H and O–H groups in total. The molecule has 35 heavy (non-hydrogen) atoms. The number of benzene rings is 1. The van der Waals surface area contributed by atoms with Gasteiger partial charge in [-0.15, -0.1) is 12.8 Å². The van der Waals surface area contributed by atoms with Crippen molar-refractivity contribution in [1.82, 2.24) is 10.2 Å². The molecule has 0 radical (unpaired) electrons. The molecular formula is C30H38FN3O. The second-order valence-electron chi connectivity index (χ2n) is 8.23. The van der Waals surface area contributed by atoms with Crippen LogP contribution in [0.25, 0.3) is 5.70 Å². The van der Waals surface area contributed by atoms with Crippen LogP contribution in [0.5, 0.6) is 5.75 Å². The van der Waals surface area contributed by atoms with E-state index in [0.29, 0.717) is 17.9 Å².